The number of likely N-dealkylation sites (N-methyl/N-ethyl adjacent to an activating group) is 1. The summed E-state index contributed by atoms with van der Waals surface area (Å²) < 4.78 is 5.46. The van der Waals surface area contributed by atoms with E-state index in [-0.39, 0.29) is 6.04 Å². The summed E-state index contributed by atoms with van der Waals surface area (Å²) in [6.07, 6.45) is 5.60. The summed E-state index contributed by atoms with van der Waals surface area (Å²) in [5.41, 5.74) is 7.50. The fourth-order valence-corrected chi connectivity index (χ4v) is 3.13. The van der Waals surface area contributed by atoms with Gasteiger partial charge in [0.15, 0.2) is 0 Å². The molecule has 1 aromatic carbocycles. The van der Waals surface area contributed by atoms with Gasteiger partial charge in [-0.25, -0.2) is 0 Å². The molecule has 0 aliphatic heterocycles. The molecule has 0 spiro atoms. The molecule has 1 unspecified atom stereocenters. The van der Waals surface area contributed by atoms with Crippen LogP contribution in [0.25, 0.3) is 0 Å². The van der Waals surface area contributed by atoms with E-state index >= 15 is 0 Å². The van der Waals surface area contributed by atoms with Crippen LogP contribution in [0.3, 0.4) is 0 Å². The third-order valence-electron chi connectivity index (χ3n) is 4.17. The Hall–Kier alpha value is -1.06. The molecule has 1 saturated carbocycles. The van der Waals surface area contributed by atoms with Crippen molar-refractivity contribution in [2.75, 3.05) is 26.7 Å². The second kappa shape index (κ2) is 7.65. The Balaban J connectivity index is 1.81. The van der Waals surface area contributed by atoms with Gasteiger partial charge in [0.2, 0.25) is 0 Å². The molecule has 1 aromatic rings. The average molecular weight is 276 g/mol. The van der Waals surface area contributed by atoms with Gasteiger partial charge in [-0.1, -0.05) is 25.0 Å². The number of nitrogens with two attached hydrogens (primary N) is 1. The van der Waals surface area contributed by atoms with E-state index in [1.165, 1.54) is 37.8 Å². The van der Waals surface area contributed by atoms with Gasteiger partial charge in [-0.2, -0.15) is 0 Å². The monoisotopic (exact) mass is 276 g/mol. The number of hydrogen-bond donors (Lipinski definition) is 1. The predicted molar refractivity (Wildman–Crippen MR) is 84.0 cm³/mol. The highest BCUT2D eigenvalue weighted by molar-refractivity contribution is 5.29. The van der Waals surface area contributed by atoms with Crippen molar-refractivity contribution in [3.63, 3.8) is 0 Å². The van der Waals surface area contributed by atoms with E-state index in [1.54, 1.807) is 0 Å². The van der Waals surface area contributed by atoms with Crippen LogP contribution >= 0.6 is 0 Å². The molecule has 0 saturated heterocycles. The fourth-order valence-electron chi connectivity index (χ4n) is 3.13. The molecule has 1 fully saturated rings. The zero-order chi connectivity index (χ0) is 14.4. The van der Waals surface area contributed by atoms with Gasteiger partial charge in [-0.3, -0.25) is 0 Å². The first-order chi connectivity index (χ1) is 9.69. The summed E-state index contributed by atoms with van der Waals surface area (Å²) in [5.74, 6) is 1.80. The van der Waals surface area contributed by atoms with Crippen LogP contribution in [-0.2, 0) is 0 Å². The quantitative estimate of drug-likeness (QED) is 0.831. The highest BCUT2D eigenvalue weighted by Gasteiger charge is 2.18. The summed E-state index contributed by atoms with van der Waals surface area (Å²) in [4.78, 5) is 2.39. The van der Waals surface area contributed by atoms with Crippen LogP contribution < -0.4 is 10.5 Å². The van der Waals surface area contributed by atoms with Crippen molar-refractivity contribution in [2.24, 2.45) is 11.7 Å². The lowest BCUT2D eigenvalue weighted by Gasteiger charge is -2.24. The third-order valence-corrected chi connectivity index (χ3v) is 4.17. The smallest absolute Gasteiger partial charge is 0.119 e. The van der Waals surface area contributed by atoms with E-state index in [0.717, 1.165) is 18.2 Å². The lowest BCUT2D eigenvalue weighted by atomic mass is 10.1. The fraction of sp³-hybridized carbons (Fsp3) is 0.647. The lowest BCUT2D eigenvalue weighted by molar-refractivity contribution is 0.263. The molecule has 2 rings (SSSR count). The maximum absolute atomic E-state index is 6.31. The molecular formula is C17H28N2O. The SMILES string of the molecule is CCOc1ccc(C(N)CN(C)CC2CCCC2)cc1. The van der Waals surface area contributed by atoms with Crippen molar-refractivity contribution >= 4 is 0 Å². The summed E-state index contributed by atoms with van der Waals surface area (Å²) >= 11 is 0. The Kier molecular flexibility index (Phi) is 5.86. The minimum atomic E-state index is 0.0806. The van der Waals surface area contributed by atoms with Crippen LogP contribution in [0.15, 0.2) is 24.3 Å². The van der Waals surface area contributed by atoms with Crippen molar-refractivity contribution < 1.29 is 4.74 Å². The van der Waals surface area contributed by atoms with Crippen molar-refractivity contribution in [1.82, 2.24) is 4.90 Å². The summed E-state index contributed by atoms with van der Waals surface area (Å²) in [7, 11) is 2.19. The molecule has 0 aromatic heterocycles. The molecule has 1 atom stereocenters. The topological polar surface area (TPSA) is 38.5 Å². The Morgan fingerprint density at radius 3 is 2.50 bits per heavy atom. The van der Waals surface area contributed by atoms with E-state index in [1.807, 2.05) is 19.1 Å². The number of rotatable bonds is 7. The molecule has 3 nitrogen and oxygen atoms in total. The highest BCUT2D eigenvalue weighted by Crippen LogP contribution is 2.25. The molecular weight excluding hydrogens is 248 g/mol. The molecule has 0 radical (unpaired) electrons. The van der Waals surface area contributed by atoms with Crippen molar-refractivity contribution in [3.05, 3.63) is 29.8 Å². The number of benzene rings is 1. The maximum atomic E-state index is 6.31. The molecule has 1 aliphatic carbocycles. The highest BCUT2D eigenvalue weighted by atomic mass is 16.5. The van der Waals surface area contributed by atoms with Gasteiger partial charge in [0.25, 0.3) is 0 Å². The van der Waals surface area contributed by atoms with Crippen molar-refractivity contribution in [2.45, 2.75) is 38.6 Å². The zero-order valence-corrected chi connectivity index (χ0v) is 12.8. The molecule has 3 heteroatoms. The Labute approximate surface area is 123 Å². The van der Waals surface area contributed by atoms with Crippen LogP contribution in [0.4, 0.5) is 0 Å². The van der Waals surface area contributed by atoms with E-state index in [2.05, 4.69) is 24.1 Å². The third kappa shape index (κ3) is 4.50. The van der Waals surface area contributed by atoms with Crippen LogP contribution in [0.2, 0.25) is 0 Å². The Morgan fingerprint density at radius 1 is 1.25 bits per heavy atom. The predicted octanol–water partition coefficient (Wildman–Crippen LogP) is 3.21. The first-order valence-corrected chi connectivity index (χ1v) is 7.86. The molecule has 0 amide bonds. The maximum Gasteiger partial charge on any atom is 0.119 e. The van der Waals surface area contributed by atoms with Gasteiger partial charge < -0.3 is 15.4 Å². The normalized spacial score (nSPS) is 17.6. The van der Waals surface area contributed by atoms with Crippen LogP contribution in [0.5, 0.6) is 5.75 Å². The van der Waals surface area contributed by atoms with E-state index < -0.39 is 0 Å². The Morgan fingerprint density at radius 2 is 1.90 bits per heavy atom. The largest absolute Gasteiger partial charge is 0.494 e. The van der Waals surface area contributed by atoms with Crippen molar-refractivity contribution in [3.8, 4) is 5.75 Å². The molecule has 1 aliphatic rings. The standard InChI is InChI=1S/C17H28N2O/c1-3-20-16-10-8-15(9-11-16)17(18)13-19(2)12-14-6-4-5-7-14/h8-11,14,17H,3-7,12-13,18H2,1-2H3. The average Bonchev–Trinajstić information content (AvgIpc) is 2.92. The van der Waals surface area contributed by atoms with Gasteiger partial charge >= 0.3 is 0 Å². The van der Waals surface area contributed by atoms with Crippen LogP contribution in [-0.4, -0.2) is 31.6 Å². The first kappa shape index (κ1) is 15.3. The first-order valence-electron chi connectivity index (χ1n) is 7.86. The van der Waals surface area contributed by atoms with Gasteiger partial charge in [-0.15, -0.1) is 0 Å². The Bertz CT molecular complexity index is 384. The minimum Gasteiger partial charge on any atom is -0.494 e. The minimum absolute atomic E-state index is 0.0806. The molecule has 2 N–H and O–H groups in total. The second-order valence-electron chi connectivity index (χ2n) is 5.98. The second-order valence-corrected chi connectivity index (χ2v) is 5.98. The van der Waals surface area contributed by atoms with E-state index in [4.69, 9.17) is 10.5 Å². The number of ether oxygens (including phenoxy) is 1. The molecule has 0 heterocycles. The van der Waals surface area contributed by atoms with E-state index in [9.17, 15) is 0 Å². The van der Waals surface area contributed by atoms with E-state index in [0.29, 0.717) is 6.61 Å². The van der Waals surface area contributed by atoms with Crippen molar-refractivity contribution in [1.29, 1.82) is 0 Å². The van der Waals surface area contributed by atoms with Gasteiger partial charge in [0.1, 0.15) is 5.75 Å². The molecule has 0 bridgehead atoms. The van der Waals surface area contributed by atoms with Gasteiger partial charge in [0.05, 0.1) is 6.61 Å². The summed E-state index contributed by atoms with van der Waals surface area (Å²) in [5, 5.41) is 0. The zero-order valence-electron chi connectivity index (χ0n) is 12.8. The number of nitrogens with zero attached hydrogens (tertiary/aromatic N) is 1. The lowest BCUT2D eigenvalue weighted by Crippen LogP contribution is -2.32. The molecule has 112 valence electrons. The van der Waals surface area contributed by atoms with Crippen LogP contribution in [0, 0.1) is 5.92 Å². The molecule has 20 heavy (non-hydrogen) atoms. The van der Waals surface area contributed by atoms with Gasteiger partial charge in [0, 0.05) is 19.1 Å². The van der Waals surface area contributed by atoms with Crippen LogP contribution in [0.1, 0.15) is 44.2 Å². The summed E-state index contributed by atoms with van der Waals surface area (Å²) in [6, 6.07) is 8.26. The number of hydrogen-bond acceptors (Lipinski definition) is 3. The summed E-state index contributed by atoms with van der Waals surface area (Å²) in [6.45, 7) is 4.81. The van der Waals surface area contributed by atoms with Gasteiger partial charge in [-0.05, 0) is 50.4 Å².